The molecule has 2 amide bonds. The van der Waals surface area contributed by atoms with Gasteiger partial charge in [0, 0.05) is 39.1 Å². The van der Waals surface area contributed by atoms with E-state index < -0.39 is 0 Å². The molecule has 1 fully saturated rings. The summed E-state index contributed by atoms with van der Waals surface area (Å²) in [6, 6.07) is 0.212. The summed E-state index contributed by atoms with van der Waals surface area (Å²) in [5.41, 5.74) is 0. The minimum Gasteiger partial charge on any atom is -0.343 e. The molecule has 0 aromatic rings. The quantitative estimate of drug-likeness (QED) is 0.727. The molecule has 0 aliphatic carbocycles. The summed E-state index contributed by atoms with van der Waals surface area (Å²) in [5.74, 6) is 0.275. The van der Waals surface area contributed by atoms with Crippen LogP contribution in [-0.4, -0.2) is 60.9 Å². The number of rotatable bonds is 6. The maximum atomic E-state index is 11.9. The molecule has 0 bridgehead atoms. The van der Waals surface area contributed by atoms with Crippen molar-refractivity contribution in [3.63, 3.8) is 0 Å². The van der Waals surface area contributed by atoms with Crippen LogP contribution >= 0.6 is 0 Å². The predicted octanol–water partition coefficient (Wildman–Crippen LogP) is 0.845. The highest BCUT2D eigenvalue weighted by Gasteiger charge is 2.16. The number of piperidine rings is 1. The van der Waals surface area contributed by atoms with Crippen LogP contribution in [0.2, 0.25) is 0 Å². The lowest BCUT2D eigenvalue weighted by Crippen LogP contribution is -2.41. The van der Waals surface area contributed by atoms with Crippen LogP contribution in [0.15, 0.2) is 0 Å². The van der Waals surface area contributed by atoms with Crippen LogP contribution in [0.25, 0.3) is 0 Å². The molecule has 0 unspecified atom stereocenters. The average Bonchev–Trinajstić information content (AvgIpc) is 2.43. The highest BCUT2D eigenvalue weighted by Crippen LogP contribution is 2.09. The van der Waals surface area contributed by atoms with Crippen molar-refractivity contribution >= 4 is 11.8 Å². The highest BCUT2D eigenvalue weighted by atomic mass is 16.2. The van der Waals surface area contributed by atoms with E-state index in [1.54, 1.807) is 11.9 Å². The van der Waals surface area contributed by atoms with Crippen LogP contribution in [0.4, 0.5) is 0 Å². The van der Waals surface area contributed by atoms with E-state index >= 15 is 0 Å². The van der Waals surface area contributed by atoms with Crippen LogP contribution < -0.4 is 5.32 Å². The Labute approximate surface area is 116 Å². The van der Waals surface area contributed by atoms with Crippen molar-refractivity contribution in [1.82, 2.24) is 15.1 Å². The molecule has 5 heteroatoms. The summed E-state index contributed by atoms with van der Waals surface area (Å²) in [6.07, 6.45) is 3.96. The lowest BCUT2D eigenvalue weighted by molar-refractivity contribution is -0.133. The molecule has 19 heavy (non-hydrogen) atoms. The van der Waals surface area contributed by atoms with E-state index in [1.807, 2.05) is 18.7 Å². The molecule has 1 aliphatic rings. The van der Waals surface area contributed by atoms with Crippen LogP contribution in [0.3, 0.4) is 0 Å². The van der Waals surface area contributed by atoms with E-state index in [2.05, 4.69) is 5.32 Å². The first kappa shape index (κ1) is 16.0. The SMILES string of the molecule is CC(C)N(C)C(=O)CNCCC(=O)N1CCCCC1. The summed E-state index contributed by atoms with van der Waals surface area (Å²) in [5, 5.41) is 3.05. The van der Waals surface area contributed by atoms with E-state index in [-0.39, 0.29) is 17.9 Å². The van der Waals surface area contributed by atoms with Gasteiger partial charge in [0.25, 0.3) is 0 Å². The van der Waals surface area contributed by atoms with Crippen LogP contribution in [0, 0.1) is 0 Å². The minimum absolute atomic E-state index is 0.0698. The molecule has 0 spiro atoms. The third kappa shape index (κ3) is 5.59. The maximum Gasteiger partial charge on any atom is 0.236 e. The van der Waals surface area contributed by atoms with Gasteiger partial charge in [-0.2, -0.15) is 0 Å². The summed E-state index contributed by atoms with van der Waals surface area (Å²) in [6.45, 7) is 6.65. The topological polar surface area (TPSA) is 52.7 Å². The van der Waals surface area contributed by atoms with Gasteiger partial charge in [0.1, 0.15) is 0 Å². The number of nitrogens with one attached hydrogen (secondary N) is 1. The smallest absolute Gasteiger partial charge is 0.236 e. The van der Waals surface area contributed by atoms with Gasteiger partial charge in [0.15, 0.2) is 0 Å². The van der Waals surface area contributed by atoms with Crippen molar-refractivity contribution in [1.29, 1.82) is 0 Å². The standard InChI is InChI=1S/C14H27N3O2/c1-12(2)16(3)14(19)11-15-8-7-13(18)17-9-5-4-6-10-17/h12,15H,4-11H2,1-3H3. The van der Waals surface area contributed by atoms with Gasteiger partial charge in [-0.05, 0) is 33.1 Å². The Bertz CT molecular complexity index is 299. The molecule has 1 saturated heterocycles. The number of likely N-dealkylation sites (tertiary alicyclic amines) is 1. The summed E-state index contributed by atoms with van der Waals surface area (Å²) < 4.78 is 0. The van der Waals surface area contributed by atoms with E-state index in [9.17, 15) is 9.59 Å². The molecule has 0 aromatic heterocycles. The Morgan fingerprint density at radius 1 is 1.21 bits per heavy atom. The van der Waals surface area contributed by atoms with Gasteiger partial charge in [-0.15, -0.1) is 0 Å². The lowest BCUT2D eigenvalue weighted by Gasteiger charge is -2.26. The first-order valence-corrected chi connectivity index (χ1v) is 7.26. The number of carbonyl (C=O) groups excluding carboxylic acids is 2. The largest absolute Gasteiger partial charge is 0.343 e. The monoisotopic (exact) mass is 269 g/mol. The van der Waals surface area contributed by atoms with Gasteiger partial charge in [-0.1, -0.05) is 0 Å². The second kappa shape index (κ2) is 8.15. The average molecular weight is 269 g/mol. The maximum absolute atomic E-state index is 11.9. The molecule has 0 atom stereocenters. The number of nitrogens with zero attached hydrogens (tertiary/aromatic N) is 2. The van der Waals surface area contributed by atoms with Crippen molar-refractivity contribution in [3.05, 3.63) is 0 Å². The minimum atomic E-state index is 0.0698. The third-order valence-electron chi connectivity index (χ3n) is 3.67. The third-order valence-corrected chi connectivity index (χ3v) is 3.67. The fourth-order valence-electron chi connectivity index (χ4n) is 2.10. The molecule has 1 aliphatic heterocycles. The van der Waals surface area contributed by atoms with Gasteiger partial charge in [-0.3, -0.25) is 9.59 Å². The van der Waals surface area contributed by atoms with E-state index in [0.717, 1.165) is 25.9 Å². The van der Waals surface area contributed by atoms with Crippen molar-refractivity contribution < 1.29 is 9.59 Å². The number of likely N-dealkylation sites (N-methyl/N-ethyl adjacent to an activating group) is 1. The lowest BCUT2D eigenvalue weighted by atomic mass is 10.1. The highest BCUT2D eigenvalue weighted by molar-refractivity contribution is 5.78. The first-order chi connectivity index (χ1) is 9.02. The molecule has 5 nitrogen and oxygen atoms in total. The number of hydrogen-bond acceptors (Lipinski definition) is 3. The van der Waals surface area contributed by atoms with Gasteiger partial charge >= 0.3 is 0 Å². The van der Waals surface area contributed by atoms with Crippen molar-refractivity contribution in [2.45, 2.75) is 45.6 Å². The molecule has 0 saturated carbocycles. The molecular formula is C14H27N3O2. The number of hydrogen-bond donors (Lipinski definition) is 1. The second-order valence-corrected chi connectivity index (χ2v) is 5.47. The van der Waals surface area contributed by atoms with E-state index in [1.165, 1.54) is 6.42 Å². The number of amides is 2. The first-order valence-electron chi connectivity index (χ1n) is 7.26. The Morgan fingerprint density at radius 2 is 1.84 bits per heavy atom. The Balaban J connectivity index is 2.13. The van der Waals surface area contributed by atoms with Crippen LogP contribution in [-0.2, 0) is 9.59 Å². The molecular weight excluding hydrogens is 242 g/mol. The summed E-state index contributed by atoms with van der Waals surface area (Å²) >= 11 is 0. The second-order valence-electron chi connectivity index (χ2n) is 5.47. The Kier molecular flexibility index (Phi) is 6.84. The summed E-state index contributed by atoms with van der Waals surface area (Å²) in [4.78, 5) is 27.2. The molecule has 0 radical (unpaired) electrons. The molecule has 1 heterocycles. The van der Waals surface area contributed by atoms with E-state index in [0.29, 0.717) is 19.5 Å². The van der Waals surface area contributed by atoms with Crippen molar-refractivity contribution in [2.75, 3.05) is 33.2 Å². The molecule has 1 N–H and O–H groups in total. The van der Waals surface area contributed by atoms with Crippen molar-refractivity contribution in [2.24, 2.45) is 0 Å². The van der Waals surface area contributed by atoms with E-state index in [4.69, 9.17) is 0 Å². The number of carbonyl (C=O) groups is 2. The van der Waals surface area contributed by atoms with Gasteiger partial charge < -0.3 is 15.1 Å². The van der Waals surface area contributed by atoms with Crippen LogP contribution in [0.1, 0.15) is 39.5 Å². The summed E-state index contributed by atoms with van der Waals surface area (Å²) in [7, 11) is 1.80. The fraction of sp³-hybridized carbons (Fsp3) is 0.857. The zero-order valence-corrected chi connectivity index (χ0v) is 12.4. The van der Waals surface area contributed by atoms with Crippen LogP contribution in [0.5, 0.6) is 0 Å². The Hall–Kier alpha value is -1.10. The van der Waals surface area contributed by atoms with Crippen molar-refractivity contribution in [3.8, 4) is 0 Å². The molecule has 1 rings (SSSR count). The molecule has 110 valence electrons. The van der Waals surface area contributed by atoms with Gasteiger partial charge in [0.05, 0.1) is 6.54 Å². The fourth-order valence-corrected chi connectivity index (χ4v) is 2.10. The zero-order chi connectivity index (χ0) is 14.3. The van der Waals surface area contributed by atoms with Gasteiger partial charge in [0.2, 0.25) is 11.8 Å². The zero-order valence-electron chi connectivity index (χ0n) is 12.4. The Morgan fingerprint density at radius 3 is 2.42 bits per heavy atom. The van der Waals surface area contributed by atoms with Gasteiger partial charge in [-0.25, -0.2) is 0 Å². The normalized spacial score (nSPS) is 15.7. The predicted molar refractivity (Wildman–Crippen MR) is 75.8 cm³/mol. The molecule has 0 aromatic carbocycles.